The van der Waals surface area contributed by atoms with Gasteiger partial charge in [-0.1, -0.05) is 12.2 Å². The van der Waals surface area contributed by atoms with Gasteiger partial charge in [0.2, 0.25) is 0 Å². The molecule has 1 fully saturated rings. The highest BCUT2D eigenvalue weighted by Gasteiger charge is 2.25. The van der Waals surface area contributed by atoms with Crippen LogP contribution in [0, 0.1) is 5.92 Å². The van der Waals surface area contributed by atoms with E-state index in [0.29, 0.717) is 6.04 Å². The fourth-order valence-electron chi connectivity index (χ4n) is 3.18. The number of nitrogens with one attached hydrogen (secondary N) is 1. The van der Waals surface area contributed by atoms with Gasteiger partial charge in [-0.05, 0) is 71.8 Å². The molecule has 1 N–H and O–H groups in total. The van der Waals surface area contributed by atoms with Crippen LogP contribution < -0.4 is 5.32 Å². The fraction of sp³-hybridized carbons (Fsp3) is 0.833. The monoisotopic (exact) mass is 308 g/mol. The summed E-state index contributed by atoms with van der Waals surface area (Å²) in [4.78, 5) is 14.0. The smallest absolute Gasteiger partial charge is 0.410 e. The zero-order valence-electron chi connectivity index (χ0n) is 14.4. The summed E-state index contributed by atoms with van der Waals surface area (Å²) in [7, 11) is 0. The van der Waals surface area contributed by atoms with Crippen LogP contribution in [0.3, 0.4) is 0 Å². The largest absolute Gasteiger partial charge is 0.444 e. The van der Waals surface area contributed by atoms with Crippen molar-refractivity contribution in [2.24, 2.45) is 5.92 Å². The highest BCUT2D eigenvalue weighted by atomic mass is 16.6. The molecule has 0 aromatic rings. The number of hydrogen-bond acceptors (Lipinski definition) is 3. The standard InChI is InChI=1S/C18H32N2O2/c1-18(2,3)22-17(21)20-12-7-10-16(11-13-20)19-14-15-8-5-4-6-9-15/h4-5,15-16,19H,6-14H2,1-3H3. The fourth-order valence-corrected chi connectivity index (χ4v) is 3.18. The van der Waals surface area contributed by atoms with Gasteiger partial charge in [-0.2, -0.15) is 0 Å². The van der Waals surface area contributed by atoms with Crippen molar-refractivity contribution in [1.29, 1.82) is 0 Å². The topological polar surface area (TPSA) is 41.6 Å². The van der Waals surface area contributed by atoms with Gasteiger partial charge in [-0.15, -0.1) is 0 Å². The minimum Gasteiger partial charge on any atom is -0.444 e. The molecule has 1 aliphatic carbocycles. The first-order valence-corrected chi connectivity index (χ1v) is 8.80. The summed E-state index contributed by atoms with van der Waals surface area (Å²) in [5, 5.41) is 3.73. The number of ether oxygens (including phenoxy) is 1. The SMILES string of the molecule is CC(C)(C)OC(=O)N1CCCC(NCC2CC=CCC2)CC1. The predicted molar refractivity (Wildman–Crippen MR) is 89.9 cm³/mol. The van der Waals surface area contributed by atoms with Crippen molar-refractivity contribution < 1.29 is 9.53 Å². The van der Waals surface area contributed by atoms with E-state index in [2.05, 4.69) is 17.5 Å². The number of rotatable bonds is 3. The Morgan fingerprint density at radius 1 is 1.23 bits per heavy atom. The molecule has 22 heavy (non-hydrogen) atoms. The Kier molecular flexibility index (Phi) is 6.30. The third-order valence-corrected chi connectivity index (χ3v) is 4.45. The van der Waals surface area contributed by atoms with Gasteiger partial charge < -0.3 is 15.0 Å². The lowest BCUT2D eigenvalue weighted by atomic mass is 9.94. The second-order valence-corrected chi connectivity index (χ2v) is 7.65. The normalized spacial score (nSPS) is 26.6. The van der Waals surface area contributed by atoms with Crippen molar-refractivity contribution in [1.82, 2.24) is 10.2 Å². The van der Waals surface area contributed by atoms with Crippen LogP contribution in [0.15, 0.2) is 12.2 Å². The van der Waals surface area contributed by atoms with Crippen LogP contribution in [0.25, 0.3) is 0 Å². The van der Waals surface area contributed by atoms with E-state index in [-0.39, 0.29) is 6.09 Å². The predicted octanol–water partition coefficient (Wildman–Crippen LogP) is 3.72. The van der Waals surface area contributed by atoms with Crippen LogP contribution in [-0.4, -0.2) is 42.3 Å². The van der Waals surface area contributed by atoms with Crippen molar-refractivity contribution in [3.8, 4) is 0 Å². The zero-order valence-corrected chi connectivity index (χ0v) is 14.4. The summed E-state index contributed by atoms with van der Waals surface area (Å²) in [6.07, 6.45) is 11.4. The van der Waals surface area contributed by atoms with E-state index in [4.69, 9.17) is 4.74 Å². The Labute approximate surface area is 135 Å². The molecule has 2 atom stereocenters. The third-order valence-electron chi connectivity index (χ3n) is 4.45. The van der Waals surface area contributed by atoms with E-state index in [9.17, 15) is 4.79 Å². The number of allylic oxidation sites excluding steroid dienone is 2. The maximum absolute atomic E-state index is 12.2. The molecule has 1 saturated heterocycles. The molecule has 1 aliphatic heterocycles. The second kappa shape index (κ2) is 8.00. The Balaban J connectivity index is 1.72. The molecule has 0 aromatic carbocycles. The van der Waals surface area contributed by atoms with Crippen LogP contribution in [0.5, 0.6) is 0 Å². The third kappa shape index (κ3) is 5.99. The van der Waals surface area contributed by atoms with E-state index < -0.39 is 5.60 Å². The van der Waals surface area contributed by atoms with E-state index in [0.717, 1.165) is 44.8 Å². The number of carbonyl (C=O) groups excluding carboxylic acids is 1. The second-order valence-electron chi connectivity index (χ2n) is 7.65. The molecule has 0 aromatic heterocycles. The molecular formula is C18H32N2O2. The van der Waals surface area contributed by atoms with Gasteiger partial charge in [0.25, 0.3) is 0 Å². The average molecular weight is 308 g/mol. The molecule has 0 saturated carbocycles. The molecule has 0 bridgehead atoms. The summed E-state index contributed by atoms with van der Waals surface area (Å²) in [6.45, 7) is 8.50. The Morgan fingerprint density at radius 3 is 2.73 bits per heavy atom. The Bertz CT molecular complexity index is 387. The van der Waals surface area contributed by atoms with Crippen LogP contribution in [0.2, 0.25) is 0 Å². The number of carbonyl (C=O) groups is 1. The van der Waals surface area contributed by atoms with Gasteiger partial charge in [0.05, 0.1) is 0 Å². The van der Waals surface area contributed by atoms with Crippen LogP contribution in [0.1, 0.15) is 59.3 Å². The van der Waals surface area contributed by atoms with Crippen molar-refractivity contribution in [3.63, 3.8) is 0 Å². The molecule has 126 valence electrons. The first kappa shape index (κ1) is 17.3. The van der Waals surface area contributed by atoms with E-state index >= 15 is 0 Å². The number of hydrogen-bond donors (Lipinski definition) is 1. The van der Waals surface area contributed by atoms with Crippen molar-refractivity contribution >= 4 is 6.09 Å². The van der Waals surface area contributed by atoms with E-state index in [1.807, 2.05) is 25.7 Å². The quantitative estimate of drug-likeness (QED) is 0.808. The minimum absolute atomic E-state index is 0.162. The van der Waals surface area contributed by atoms with Gasteiger partial charge in [0.15, 0.2) is 0 Å². The molecule has 2 unspecified atom stereocenters. The van der Waals surface area contributed by atoms with Gasteiger partial charge in [0.1, 0.15) is 5.60 Å². The number of likely N-dealkylation sites (tertiary alicyclic amines) is 1. The molecular weight excluding hydrogens is 276 g/mol. The molecule has 1 heterocycles. The first-order chi connectivity index (χ1) is 10.4. The molecule has 2 aliphatic rings. The first-order valence-electron chi connectivity index (χ1n) is 8.80. The highest BCUT2D eigenvalue weighted by Crippen LogP contribution is 2.19. The van der Waals surface area contributed by atoms with Crippen molar-refractivity contribution in [3.05, 3.63) is 12.2 Å². The maximum Gasteiger partial charge on any atom is 0.410 e. The highest BCUT2D eigenvalue weighted by molar-refractivity contribution is 5.68. The van der Waals surface area contributed by atoms with Crippen molar-refractivity contribution in [2.45, 2.75) is 70.9 Å². The average Bonchev–Trinajstić information content (AvgIpc) is 2.70. The minimum atomic E-state index is -0.407. The zero-order chi connectivity index (χ0) is 16.0. The summed E-state index contributed by atoms with van der Waals surface area (Å²) >= 11 is 0. The van der Waals surface area contributed by atoms with Gasteiger partial charge in [-0.25, -0.2) is 4.79 Å². The summed E-state index contributed by atoms with van der Waals surface area (Å²) < 4.78 is 5.48. The lowest BCUT2D eigenvalue weighted by Crippen LogP contribution is -2.38. The summed E-state index contributed by atoms with van der Waals surface area (Å²) in [5.41, 5.74) is -0.407. The van der Waals surface area contributed by atoms with Crippen LogP contribution in [0.4, 0.5) is 4.79 Å². The molecule has 4 heteroatoms. The summed E-state index contributed by atoms with van der Waals surface area (Å²) in [5.74, 6) is 0.787. The summed E-state index contributed by atoms with van der Waals surface area (Å²) in [6, 6.07) is 0.540. The van der Waals surface area contributed by atoms with E-state index in [1.165, 1.54) is 19.3 Å². The molecule has 0 radical (unpaired) electrons. The van der Waals surface area contributed by atoms with Gasteiger partial charge >= 0.3 is 6.09 Å². The maximum atomic E-state index is 12.2. The van der Waals surface area contributed by atoms with Gasteiger partial charge in [0, 0.05) is 19.1 Å². The van der Waals surface area contributed by atoms with Crippen LogP contribution >= 0.6 is 0 Å². The number of amides is 1. The Morgan fingerprint density at radius 2 is 2.05 bits per heavy atom. The van der Waals surface area contributed by atoms with Crippen LogP contribution in [-0.2, 0) is 4.74 Å². The Hall–Kier alpha value is -1.03. The lowest BCUT2D eigenvalue weighted by Gasteiger charge is -2.26. The number of nitrogens with zero attached hydrogens (tertiary/aromatic N) is 1. The van der Waals surface area contributed by atoms with E-state index in [1.54, 1.807) is 0 Å². The van der Waals surface area contributed by atoms with Crippen molar-refractivity contribution in [2.75, 3.05) is 19.6 Å². The lowest BCUT2D eigenvalue weighted by molar-refractivity contribution is 0.0256. The van der Waals surface area contributed by atoms with Gasteiger partial charge in [-0.3, -0.25) is 0 Å². The molecule has 2 rings (SSSR count). The molecule has 4 nitrogen and oxygen atoms in total. The molecule has 1 amide bonds. The molecule has 0 spiro atoms.